The van der Waals surface area contributed by atoms with Crippen LogP contribution in [-0.4, -0.2) is 16.5 Å². The molecule has 0 saturated carbocycles. The molecular formula is C18H30N4SSi2. The average molecular weight is 391 g/mol. The maximum absolute atomic E-state index is 5.12. The van der Waals surface area contributed by atoms with Gasteiger partial charge in [0.25, 0.3) is 0 Å². The second-order valence-corrected chi connectivity index (χ2v) is 19.1. The maximum atomic E-state index is 5.12. The molecule has 2 N–H and O–H groups in total. The smallest absolute Gasteiger partial charge is 0.184 e. The highest BCUT2D eigenvalue weighted by molar-refractivity contribution is 7.85. The fourth-order valence-electron chi connectivity index (χ4n) is 2.13. The van der Waals surface area contributed by atoms with Crippen LogP contribution in [0.25, 0.3) is 0 Å². The highest BCUT2D eigenvalue weighted by atomic mass is 32.2. The predicted octanol–water partition coefficient (Wildman–Crippen LogP) is 5.22. The van der Waals surface area contributed by atoms with Crippen molar-refractivity contribution in [3.8, 4) is 0 Å². The lowest BCUT2D eigenvalue weighted by atomic mass is 10.2. The molecule has 25 heavy (non-hydrogen) atoms. The minimum absolute atomic E-state index is 0.420. The van der Waals surface area contributed by atoms with Gasteiger partial charge in [-0.05, 0) is 43.9 Å². The molecule has 0 aliphatic rings. The minimum atomic E-state index is -1.58. The minimum Gasteiger partial charge on any atom is -0.276 e. The summed E-state index contributed by atoms with van der Waals surface area (Å²) in [6.07, 6.45) is 0. The number of hydrogen-bond donors (Lipinski definition) is 2. The molecule has 136 valence electrons. The predicted molar refractivity (Wildman–Crippen MR) is 118 cm³/mol. The zero-order valence-corrected chi connectivity index (χ0v) is 18.9. The molecule has 0 saturated heterocycles. The van der Waals surface area contributed by atoms with E-state index in [1.807, 2.05) is 12.1 Å². The summed E-state index contributed by atoms with van der Waals surface area (Å²) in [7, 11) is -3.07. The summed E-state index contributed by atoms with van der Waals surface area (Å²) in [4.78, 5) is 3.65. The van der Waals surface area contributed by atoms with E-state index >= 15 is 0 Å². The maximum Gasteiger partial charge on any atom is 0.184 e. The molecule has 0 bridgehead atoms. The molecule has 1 unspecified atom stereocenters. The first-order valence-electron chi connectivity index (χ1n) is 8.56. The highest BCUT2D eigenvalue weighted by Crippen LogP contribution is 2.23. The van der Waals surface area contributed by atoms with Crippen LogP contribution in [0.5, 0.6) is 0 Å². The second kappa shape index (κ2) is 8.42. The zero-order valence-electron chi connectivity index (χ0n) is 16.1. The average Bonchev–Trinajstić information content (AvgIpc) is 2.51. The number of rotatable bonds is 7. The molecule has 1 atom stereocenters. The van der Waals surface area contributed by atoms with Gasteiger partial charge < -0.3 is 0 Å². The largest absolute Gasteiger partial charge is 0.276 e. The third-order valence-electron chi connectivity index (χ3n) is 2.97. The first-order valence-corrected chi connectivity index (χ1v) is 16.7. The number of hydrazine groups is 1. The van der Waals surface area contributed by atoms with Crippen LogP contribution in [-0.2, 0) is 11.1 Å². The van der Waals surface area contributed by atoms with Crippen molar-refractivity contribution in [2.45, 2.75) is 39.3 Å². The molecule has 7 heteroatoms. The monoisotopic (exact) mass is 390 g/mol. The summed E-state index contributed by atoms with van der Waals surface area (Å²) in [6, 6.07) is 20.8. The topological polar surface area (TPSA) is 39.7 Å². The summed E-state index contributed by atoms with van der Waals surface area (Å²) in [5, 5.41) is 2.14. The molecule has 0 heterocycles. The molecule has 2 aromatic rings. The Balaban J connectivity index is 2.41. The molecule has 0 radical (unpaired) electrons. The summed E-state index contributed by atoms with van der Waals surface area (Å²) < 4.78 is 8.89. The standard InChI is InChI=1S/C18H30N4SSi2/c1-24(2,3)20-23(21-25(4,5)6)19-22(17-13-9-7-10-14-17)18-15-11-8-12-16-18/h7-16H,1-6H3,(H2,19,20,21). The van der Waals surface area contributed by atoms with Crippen LogP contribution >= 0.6 is 0 Å². The van der Waals surface area contributed by atoms with Crippen molar-refractivity contribution in [3.63, 3.8) is 0 Å². The van der Waals surface area contributed by atoms with Gasteiger partial charge in [-0.1, -0.05) is 56.0 Å². The molecular weight excluding hydrogens is 360 g/mol. The summed E-state index contributed by atoms with van der Waals surface area (Å²) in [5.74, 6) is 0. The molecule has 0 fully saturated rings. The lowest BCUT2D eigenvalue weighted by molar-refractivity contribution is 0.980. The van der Waals surface area contributed by atoms with Crippen LogP contribution in [0.2, 0.25) is 39.3 Å². The molecule has 0 aliphatic carbocycles. The second-order valence-electron chi connectivity index (χ2n) is 8.00. The van der Waals surface area contributed by atoms with Crippen LogP contribution in [0, 0.1) is 0 Å². The van der Waals surface area contributed by atoms with Crippen molar-refractivity contribution in [1.82, 2.24) is 9.22 Å². The Bertz CT molecular complexity index is 655. The van der Waals surface area contributed by atoms with Gasteiger partial charge in [0.1, 0.15) is 8.24 Å². The van der Waals surface area contributed by atoms with Crippen molar-refractivity contribution in [2.75, 3.05) is 5.01 Å². The summed E-state index contributed by atoms with van der Waals surface area (Å²) in [6.45, 7) is 13.7. The Morgan fingerprint density at radius 2 is 1.20 bits per heavy atom. The van der Waals surface area contributed by atoms with Crippen molar-refractivity contribution in [1.29, 1.82) is 0 Å². The number of para-hydroxylation sites is 2. The van der Waals surface area contributed by atoms with E-state index in [0.29, 0.717) is 0 Å². The van der Waals surface area contributed by atoms with E-state index in [1.54, 1.807) is 0 Å². The van der Waals surface area contributed by atoms with Crippen molar-refractivity contribution in [2.24, 2.45) is 4.03 Å². The first kappa shape index (κ1) is 20.1. The van der Waals surface area contributed by atoms with Crippen LogP contribution in [0.3, 0.4) is 0 Å². The SMILES string of the molecule is C[Si](C)(C)/N=S(\NN(c1ccccc1)c1ccccc1)N[Si](C)(C)C. The first-order chi connectivity index (χ1) is 11.6. The van der Waals surface area contributed by atoms with E-state index < -0.39 is 27.5 Å². The molecule has 0 spiro atoms. The number of benzene rings is 2. The van der Waals surface area contributed by atoms with Gasteiger partial charge in [0.2, 0.25) is 0 Å². The van der Waals surface area contributed by atoms with E-state index in [4.69, 9.17) is 4.03 Å². The van der Waals surface area contributed by atoms with Crippen LogP contribution in [0.15, 0.2) is 64.7 Å². The fourth-order valence-corrected chi connectivity index (χ4v) is 7.96. The van der Waals surface area contributed by atoms with Gasteiger partial charge in [0.15, 0.2) is 8.24 Å². The van der Waals surface area contributed by atoms with Crippen LogP contribution in [0.4, 0.5) is 11.4 Å². The molecule has 0 aliphatic heterocycles. The number of nitrogens with one attached hydrogen (secondary N) is 2. The zero-order chi connectivity index (χ0) is 18.5. The van der Waals surface area contributed by atoms with Gasteiger partial charge in [0.05, 0.1) is 11.4 Å². The Labute approximate surface area is 157 Å². The van der Waals surface area contributed by atoms with Gasteiger partial charge in [-0.2, -0.15) is 4.83 Å². The Kier molecular flexibility index (Phi) is 6.75. The van der Waals surface area contributed by atoms with Gasteiger partial charge in [-0.3, -0.25) is 13.4 Å². The third kappa shape index (κ3) is 7.25. The van der Waals surface area contributed by atoms with Gasteiger partial charge in [0, 0.05) is 11.1 Å². The van der Waals surface area contributed by atoms with E-state index in [9.17, 15) is 0 Å². The van der Waals surface area contributed by atoms with Crippen LogP contribution in [0.1, 0.15) is 0 Å². The normalized spacial score (nSPS) is 13.7. The lowest BCUT2D eigenvalue weighted by Crippen LogP contribution is -2.51. The fraction of sp³-hybridized carbons (Fsp3) is 0.333. The van der Waals surface area contributed by atoms with Gasteiger partial charge in [-0.15, -0.1) is 0 Å². The van der Waals surface area contributed by atoms with Gasteiger partial charge in [-0.25, -0.2) is 0 Å². The van der Waals surface area contributed by atoms with E-state index in [2.05, 4.69) is 102 Å². The summed E-state index contributed by atoms with van der Waals surface area (Å²) >= 11 is -0.420. The molecule has 0 amide bonds. The van der Waals surface area contributed by atoms with Crippen LogP contribution < -0.4 is 14.2 Å². The van der Waals surface area contributed by atoms with E-state index in [0.717, 1.165) is 11.4 Å². The highest BCUT2D eigenvalue weighted by Gasteiger charge is 2.21. The lowest BCUT2D eigenvalue weighted by Gasteiger charge is -2.31. The third-order valence-corrected chi connectivity index (χ3v) is 9.47. The van der Waals surface area contributed by atoms with Crippen molar-refractivity contribution >= 4 is 38.9 Å². The Morgan fingerprint density at radius 1 is 0.760 bits per heavy atom. The molecule has 2 aromatic carbocycles. The number of anilines is 2. The quantitative estimate of drug-likeness (QED) is 0.503. The Hall–Kier alpha value is -1.26. The van der Waals surface area contributed by atoms with E-state index in [1.165, 1.54) is 0 Å². The van der Waals surface area contributed by atoms with Gasteiger partial charge >= 0.3 is 0 Å². The number of hydrogen-bond acceptors (Lipinski definition) is 2. The molecule has 4 nitrogen and oxygen atoms in total. The molecule has 2 rings (SSSR count). The van der Waals surface area contributed by atoms with Crippen molar-refractivity contribution in [3.05, 3.63) is 60.7 Å². The Morgan fingerprint density at radius 3 is 1.56 bits per heavy atom. The molecule has 0 aromatic heterocycles. The van der Waals surface area contributed by atoms with Crippen molar-refractivity contribution < 1.29 is 0 Å². The summed E-state index contributed by atoms with van der Waals surface area (Å²) in [5.41, 5.74) is 2.21. The van der Waals surface area contributed by atoms with E-state index in [-0.39, 0.29) is 0 Å². The number of nitrogens with zero attached hydrogens (tertiary/aromatic N) is 2.